The number of anilines is 1. The fourth-order valence-corrected chi connectivity index (χ4v) is 12.7. The first-order chi connectivity index (χ1) is 28.7. The molecule has 2 aliphatic carbocycles. The number of allylic oxidation sites excluding steroid dienone is 1. The minimum Gasteiger partial charge on any atom is -0.365 e. The number of carbonyl (C=O) groups excluding carboxylic acids is 1. The van der Waals surface area contributed by atoms with Crippen molar-refractivity contribution in [2.75, 3.05) is 18.0 Å². The van der Waals surface area contributed by atoms with Crippen molar-refractivity contribution in [2.24, 2.45) is 33.5 Å². The summed E-state index contributed by atoms with van der Waals surface area (Å²) < 4.78 is 0. The molecule has 3 aromatic carbocycles. The molecule has 2 N–H and O–H groups in total. The highest BCUT2D eigenvalue weighted by Gasteiger charge is 2.69. The van der Waals surface area contributed by atoms with Gasteiger partial charge in [0.05, 0.1) is 46.2 Å². The molecule has 0 unspecified atom stereocenters. The Balaban J connectivity index is 0.950. The first kappa shape index (κ1) is 40.5. The van der Waals surface area contributed by atoms with Gasteiger partial charge in [-0.1, -0.05) is 107 Å². The van der Waals surface area contributed by atoms with Crippen molar-refractivity contribution in [3.05, 3.63) is 101 Å². The van der Waals surface area contributed by atoms with Gasteiger partial charge in [-0.15, -0.1) is 0 Å². The average molecular weight is 820 g/mol. The maximum absolute atomic E-state index is 14.0. The number of nitrogens with zero attached hydrogens (tertiary/aromatic N) is 5. The molecule has 3 saturated heterocycles. The quantitative estimate of drug-likeness (QED) is 0.163. The van der Waals surface area contributed by atoms with E-state index in [1.165, 1.54) is 28.1 Å². The number of fused-ring (bicyclic) bond motifs is 2. The second-order valence-corrected chi connectivity index (χ2v) is 22.9. The molecular weight excluding hydrogens is 751 g/mol. The van der Waals surface area contributed by atoms with Crippen molar-refractivity contribution in [1.29, 1.82) is 0 Å². The molecule has 0 radical (unpaired) electrons. The maximum Gasteiger partial charge on any atom is 0.227 e. The summed E-state index contributed by atoms with van der Waals surface area (Å²) in [5, 5.41) is 0. The van der Waals surface area contributed by atoms with Gasteiger partial charge in [0, 0.05) is 36.3 Å². The topological polar surface area (TPSA) is 84.2 Å². The number of aromatic nitrogens is 4. The minimum atomic E-state index is -0.00443. The van der Waals surface area contributed by atoms with E-state index in [0.29, 0.717) is 11.8 Å². The van der Waals surface area contributed by atoms with Crippen LogP contribution in [0.4, 0.5) is 5.69 Å². The molecule has 8 heteroatoms. The van der Waals surface area contributed by atoms with E-state index < -0.39 is 0 Å². The molecule has 8 nitrogen and oxygen atoms in total. The Labute approximate surface area is 364 Å². The van der Waals surface area contributed by atoms with Gasteiger partial charge in [0.15, 0.2) is 0 Å². The third-order valence-corrected chi connectivity index (χ3v) is 17.6. The summed E-state index contributed by atoms with van der Waals surface area (Å²) in [6.07, 6.45) is 6.29. The molecule has 2 saturated carbocycles. The molecule has 10 rings (SSSR count). The molecule has 5 fully saturated rings. The summed E-state index contributed by atoms with van der Waals surface area (Å²) in [5.74, 6) is 2.83. The van der Waals surface area contributed by atoms with Gasteiger partial charge >= 0.3 is 0 Å². The molecule has 1 amide bonds. The monoisotopic (exact) mass is 820 g/mol. The number of hydrogen-bond donors (Lipinski definition) is 2. The molecule has 5 heterocycles. The predicted octanol–water partition coefficient (Wildman–Crippen LogP) is 12.5. The summed E-state index contributed by atoms with van der Waals surface area (Å²) in [6, 6.07) is 23.7. The number of nitrogens with one attached hydrogen (secondary N) is 2. The van der Waals surface area contributed by atoms with Gasteiger partial charge in [0.2, 0.25) is 5.91 Å². The van der Waals surface area contributed by atoms with Crippen LogP contribution in [0.15, 0.2) is 72.9 Å². The smallest absolute Gasteiger partial charge is 0.227 e. The number of hydrogen-bond acceptors (Lipinski definition) is 5. The maximum atomic E-state index is 14.0. The van der Waals surface area contributed by atoms with Gasteiger partial charge in [-0.25, -0.2) is 9.97 Å². The summed E-state index contributed by atoms with van der Waals surface area (Å²) in [4.78, 5) is 39.3. The van der Waals surface area contributed by atoms with E-state index in [9.17, 15) is 4.79 Å². The van der Waals surface area contributed by atoms with Crippen LogP contribution in [0.2, 0.25) is 0 Å². The van der Waals surface area contributed by atoms with E-state index in [1.807, 2.05) is 0 Å². The van der Waals surface area contributed by atoms with E-state index in [1.54, 1.807) is 0 Å². The Morgan fingerprint density at radius 1 is 0.623 bits per heavy atom. The number of imidazole rings is 2. The van der Waals surface area contributed by atoms with E-state index in [0.717, 1.165) is 85.3 Å². The third-order valence-electron chi connectivity index (χ3n) is 17.6. The number of carbonyl (C=O) groups is 1. The lowest BCUT2D eigenvalue weighted by molar-refractivity contribution is -0.135. The Bertz CT molecular complexity index is 2370. The normalized spacial score (nSPS) is 26.8. The average Bonchev–Trinajstić information content (AvgIpc) is 3.90. The highest BCUT2D eigenvalue weighted by atomic mass is 16.2. The largest absolute Gasteiger partial charge is 0.365 e. The zero-order valence-electron chi connectivity index (χ0n) is 38.7. The zero-order chi connectivity index (χ0) is 43.2. The molecule has 322 valence electrons. The lowest BCUT2D eigenvalue weighted by Gasteiger charge is -2.34. The van der Waals surface area contributed by atoms with Crippen LogP contribution >= 0.6 is 0 Å². The molecule has 0 bridgehead atoms. The van der Waals surface area contributed by atoms with E-state index in [2.05, 4.69) is 161 Å². The fraction of sp³-hybridized carbons (Fsp3) is 0.566. The van der Waals surface area contributed by atoms with Gasteiger partial charge in [0.25, 0.3) is 0 Å². The molecular formula is C53H69N7O. The van der Waals surface area contributed by atoms with Crippen LogP contribution in [0.3, 0.4) is 0 Å². The number of rotatable bonds is 8. The SMILES string of the molecule is C=C(C1C(C)(C)C1(C)C)N1CCC[C@H]1c1nc2ccc([C@H]3CC[C@H](c4ccc5nc([C@@H]6CCCN6C(=O)C6C(C)(C)C6(C)C)[nH]c5c4)N3c3ccc(C(C)(C)C)cc3)cc2[nH]1. The van der Waals surface area contributed by atoms with Gasteiger partial charge in [0.1, 0.15) is 11.6 Å². The number of aromatic amines is 2. The molecule has 5 aromatic rings. The Hall–Kier alpha value is -4.59. The van der Waals surface area contributed by atoms with Crippen LogP contribution in [0.1, 0.15) is 167 Å². The highest BCUT2D eigenvalue weighted by molar-refractivity contribution is 5.85. The molecule has 4 atom stereocenters. The van der Waals surface area contributed by atoms with Gasteiger partial charge < -0.3 is 24.7 Å². The number of H-pyrrole nitrogens is 2. The molecule has 0 spiro atoms. The lowest BCUT2D eigenvalue weighted by atomic mass is 9.87. The van der Waals surface area contributed by atoms with Crippen molar-refractivity contribution < 1.29 is 4.79 Å². The zero-order valence-corrected chi connectivity index (χ0v) is 38.7. The van der Waals surface area contributed by atoms with Gasteiger partial charge in [-0.3, -0.25) is 4.79 Å². The van der Waals surface area contributed by atoms with Crippen LogP contribution < -0.4 is 4.90 Å². The standard InChI is InChI=1S/C53H69N7O/c1-31(44-50(5,6)51(44,7)8)58-27-13-15-42(58)46-54-36-23-17-32(29-38(36)56-46)40-25-26-41(60(40)35-21-19-34(20-22-35)49(2,3)4)33-18-24-37-39(30-33)57-47(55-37)43-16-14-28-59(43)48(61)45-52(9,10)53(45,11)12/h17-24,29-30,40-45H,1,13-16,25-28H2,2-12H3,(H,54,56)(H,55,57)/t40-,41-,42+,43+/m1/s1. The summed E-state index contributed by atoms with van der Waals surface area (Å²) in [6.45, 7) is 31.9. The number of likely N-dealkylation sites (tertiary alicyclic amines) is 2. The van der Waals surface area contributed by atoms with Crippen LogP contribution in [-0.4, -0.2) is 48.7 Å². The second kappa shape index (κ2) is 13.5. The van der Waals surface area contributed by atoms with E-state index in [-0.39, 0.29) is 57.2 Å². The number of amides is 1. The molecule has 2 aromatic heterocycles. The molecule has 5 aliphatic rings. The predicted molar refractivity (Wildman–Crippen MR) is 248 cm³/mol. The Morgan fingerprint density at radius 3 is 1.54 bits per heavy atom. The van der Waals surface area contributed by atoms with Crippen molar-refractivity contribution in [1.82, 2.24) is 29.7 Å². The summed E-state index contributed by atoms with van der Waals surface area (Å²) in [5.41, 5.74) is 11.3. The van der Waals surface area contributed by atoms with Crippen LogP contribution in [0.25, 0.3) is 22.1 Å². The minimum absolute atomic E-state index is 0.00443. The van der Waals surface area contributed by atoms with E-state index in [4.69, 9.17) is 16.5 Å². The third kappa shape index (κ3) is 6.14. The van der Waals surface area contributed by atoms with Gasteiger partial charge in [-0.05, 0) is 119 Å². The Morgan fingerprint density at radius 2 is 1.08 bits per heavy atom. The van der Waals surface area contributed by atoms with Crippen molar-refractivity contribution in [3.8, 4) is 0 Å². The first-order valence-corrected chi connectivity index (χ1v) is 23.4. The van der Waals surface area contributed by atoms with Crippen molar-refractivity contribution >= 4 is 33.7 Å². The van der Waals surface area contributed by atoms with Crippen molar-refractivity contribution in [2.45, 2.75) is 144 Å². The molecule has 3 aliphatic heterocycles. The number of benzene rings is 3. The van der Waals surface area contributed by atoms with E-state index >= 15 is 0 Å². The fourth-order valence-electron chi connectivity index (χ4n) is 12.7. The highest BCUT2D eigenvalue weighted by Crippen LogP contribution is 2.72. The lowest BCUT2D eigenvalue weighted by Crippen LogP contribution is -2.34. The molecule has 61 heavy (non-hydrogen) atoms. The van der Waals surface area contributed by atoms with Crippen molar-refractivity contribution in [3.63, 3.8) is 0 Å². The second-order valence-electron chi connectivity index (χ2n) is 22.9. The van der Waals surface area contributed by atoms with Crippen LogP contribution in [0.5, 0.6) is 0 Å². The van der Waals surface area contributed by atoms with Gasteiger partial charge in [-0.2, -0.15) is 0 Å². The summed E-state index contributed by atoms with van der Waals surface area (Å²) >= 11 is 0. The Kier molecular flexibility index (Phi) is 8.93. The van der Waals surface area contributed by atoms with Crippen LogP contribution in [0, 0.1) is 33.5 Å². The first-order valence-electron chi connectivity index (χ1n) is 23.4. The summed E-state index contributed by atoms with van der Waals surface area (Å²) in [7, 11) is 0. The van der Waals surface area contributed by atoms with Crippen LogP contribution in [-0.2, 0) is 10.2 Å².